The van der Waals surface area contributed by atoms with E-state index in [1.807, 2.05) is 24.3 Å². The average Bonchev–Trinajstić information content (AvgIpc) is 2.79. The SMILES string of the molecule is O=C(O)C1CCNCC1c1cccc(NCc2ccc(-c3ccccc3)cc2)c1. The molecule has 0 saturated carbocycles. The highest BCUT2D eigenvalue weighted by Crippen LogP contribution is 2.31. The number of hydrogen-bond acceptors (Lipinski definition) is 3. The molecule has 0 radical (unpaired) electrons. The summed E-state index contributed by atoms with van der Waals surface area (Å²) in [7, 11) is 0. The van der Waals surface area contributed by atoms with E-state index in [1.165, 1.54) is 16.7 Å². The Hall–Kier alpha value is -3.11. The molecule has 3 N–H and O–H groups in total. The monoisotopic (exact) mass is 386 g/mol. The van der Waals surface area contributed by atoms with Crippen molar-refractivity contribution < 1.29 is 9.90 Å². The second-order valence-electron chi connectivity index (χ2n) is 7.59. The molecule has 0 aromatic heterocycles. The maximum atomic E-state index is 11.6. The summed E-state index contributed by atoms with van der Waals surface area (Å²) in [6.07, 6.45) is 0.672. The van der Waals surface area contributed by atoms with Crippen LogP contribution in [0.1, 0.15) is 23.5 Å². The largest absolute Gasteiger partial charge is 0.481 e. The second kappa shape index (κ2) is 8.93. The van der Waals surface area contributed by atoms with Gasteiger partial charge in [0.2, 0.25) is 0 Å². The number of carbonyl (C=O) groups is 1. The van der Waals surface area contributed by atoms with E-state index in [-0.39, 0.29) is 11.8 Å². The molecule has 3 aromatic rings. The summed E-state index contributed by atoms with van der Waals surface area (Å²) in [6, 6.07) is 27.1. The third-order valence-electron chi connectivity index (χ3n) is 5.67. The molecular weight excluding hydrogens is 360 g/mol. The number of benzene rings is 3. The summed E-state index contributed by atoms with van der Waals surface area (Å²) >= 11 is 0. The van der Waals surface area contributed by atoms with Crippen LogP contribution in [0.25, 0.3) is 11.1 Å². The summed E-state index contributed by atoms with van der Waals surface area (Å²) in [5, 5.41) is 16.4. The third-order valence-corrected chi connectivity index (χ3v) is 5.67. The summed E-state index contributed by atoms with van der Waals surface area (Å²) in [6.45, 7) is 2.20. The summed E-state index contributed by atoms with van der Waals surface area (Å²) in [5.41, 5.74) is 5.73. The van der Waals surface area contributed by atoms with Crippen molar-refractivity contribution in [3.63, 3.8) is 0 Å². The zero-order valence-corrected chi connectivity index (χ0v) is 16.3. The van der Waals surface area contributed by atoms with Crippen LogP contribution in [0, 0.1) is 5.92 Å². The fourth-order valence-electron chi connectivity index (χ4n) is 4.03. The van der Waals surface area contributed by atoms with Crippen LogP contribution in [0.4, 0.5) is 5.69 Å². The van der Waals surface area contributed by atoms with Crippen molar-refractivity contribution >= 4 is 11.7 Å². The number of carboxylic acids is 1. The van der Waals surface area contributed by atoms with Gasteiger partial charge in [-0.25, -0.2) is 0 Å². The lowest BCUT2D eigenvalue weighted by Crippen LogP contribution is -2.38. The van der Waals surface area contributed by atoms with Gasteiger partial charge < -0.3 is 15.7 Å². The van der Waals surface area contributed by atoms with E-state index in [9.17, 15) is 9.90 Å². The van der Waals surface area contributed by atoms with E-state index >= 15 is 0 Å². The maximum Gasteiger partial charge on any atom is 0.307 e. The van der Waals surface area contributed by atoms with Gasteiger partial charge in [0.05, 0.1) is 5.92 Å². The van der Waals surface area contributed by atoms with Gasteiger partial charge in [-0.3, -0.25) is 4.79 Å². The fourth-order valence-corrected chi connectivity index (χ4v) is 4.03. The fraction of sp³-hybridized carbons (Fsp3) is 0.240. The zero-order valence-electron chi connectivity index (χ0n) is 16.3. The number of piperidine rings is 1. The van der Waals surface area contributed by atoms with Gasteiger partial charge in [-0.1, -0.05) is 66.7 Å². The normalized spacial score (nSPS) is 18.9. The molecule has 1 heterocycles. The first-order valence-electron chi connectivity index (χ1n) is 10.1. The Balaban J connectivity index is 1.43. The van der Waals surface area contributed by atoms with Crippen molar-refractivity contribution in [1.82, 2.24) is 5.32 Å². The van der Waals surface area contributed by atoms with Crippen LogP contribution in [0.3, 0.4) is 0 Å². The van der Waals surface area contributed by atoms with E-state index in [2.05, 4.69) is 65.2 Å². The molecule has 2 atom stereocenters. The van der Waals surface area contributed by atoms with Crippen LogP contribution < -0.4 is 10.6 Å². The van der Waals surface area contributed by atoms with Gasteiger partial charge in [-0.05, 0) is 47.4 Å². The highest BCUT2D eigenvalue weighted by Gasteiger charge is 2.31. The smallest absolute Gasteiger partial charge is 0.307 e. The van der Waals surface area contributed by atoms with Crippen molar-refractivity contribution in [2.75, 3.05) is 18.4 Å². The Morgan fingerprint density at radius 1 is 0.966 bits per heavy atom. The Kier molecular flexibility index (Phi) is 5.92. The Morgan fingerprint density at radius 3 is 2.48 bits per heavy atom. The Bertz CT molecular complexity index is 954. The number of nitrogens with one attached hydrogen (secondary N) is 2. The molecular formula is C25H26N2O2. The lowest BCUT2D eigenvalue weighted by molar-refractivity contribution is -0.143. The lowest BCUT2D eigenvalue weighted by atomic mass is 9.81. The first kappa shape index (κ1) is 19.2. The molecule has 0 spiro atoms. The second-order valence-corrected chi connectivity index (χ2v) is 7.59. The van der Waals surface area contributed by atoms with Crippen molar-refractivity contribution in [3.8, 4) is 11.1 Å². The van der Waals surface area contributed by atoms with Gasteiger partial charge in [0.15, 0.2) is 0 Å². The molecule has 0 aliphatic carbocycles. The Labute approximate surface area is 171 Å². The van der Waals surface area contributed by atoms with Crippen molar-refractivity contribution in [2.45, 2.75) is 18.9 Å². The van der Waals surface area contributed by atoms with Gasteiger partial charge >= 0.3 is 5.97 Å². The molecule has 4 heteroatoms. The highest BCUT2D eigenvalue weighted by atomic mass is 16.4. The van der Waals surface area contributed by atoms with Crippen LogP contribution in [0.2, 0.25) is 0 Å². The van der Waals surface area contributed by atoms with Crippen molar-refractivity contribution in [1.29, 1.82) is 0 Å². The van der Waals surface area contributed by atoms with Crippen molar-refractivity contribution in [3.05, 3.63) is 90.0 Å². The minimum atomic E-state index is -0.701. The molecule has 1 fully saturated rings. The number of rotatable bonds is 6. The number of carboxylic acid groups (broad SMARTS) is 1. The summed E-state index contributed by atoms with van der Waals surface area (Å²) < 4.78 is 0. The zero-order chi connectivity index (χ0) is 20.1. The van der Waals surface area contributed by atoms with E-state index in [0.29, 0.717) is 13.0 Å². The lowest BCUT2D eigenvalue weighted by Gasteiger charge is -2.30. The molecule has 0 bridgehead atoms. The first-order chi connectivity index (χ1) is 14.2. The standard InChI is InChI=1S/C25H26N2O2/c28-25(29)23-13-14-26-17-24(23)21-7-4-8-22(15-21)27-16-18-9-11-20(12-10-18)19-5-2-1-3-6-19/h1-12,15,23-24,26-27H,13-14,16-17H2,(H,28,29). The van der Waals surface area contributed by atoms with Gasteiger partial charge in [-0.2, -0.15) is 0 Å². The van der Waals surface area contributed by atoms with Crippen LogP contribution >= 0.6 is 0 Å². The topological polar surface area (TPSA) is 61.4 Å². The Morgan fingerprint density at radius 2 is 1.72 bits per heavy atom. The van der Waals surface area contributed by atoms with Crippen LogP contribution in [-0.4, -0.2) is 24.2 Å². The predicted octanol–water partition coefficient (Wildman–Crippen LogP) is 4.74. The molecule has 4 nitrogen and oxygen atoms in total. The quantitative estimate of drug-likeness (QED) is 0.572. The van der Waals surface area contributed by atoms with Crippen LogP contribution in [-0.2, 0) is 11.3 Å². The molecule has 1 saturated heterocycles. The minimum Gasteiger partial charge on any atom is -0.481 e. The van der Waals surface area contributed by atoms with Crippen LogP contribution in [0.5, 0.6) is 0 Å². The van der Waals surface area contributed by atoms with Gasteiger partial charge in [0.25, 0.3) is 0 Å². The van der Waals surface area contributed by atoms with Crippen LogP contribution in [0.15, 0.2) is 78.9 Å². The number of anilines is 1. The summed E-state index contributed by atoms with van der Waals surface area (Å²) in [5.74, 6) is -1.02. The molecule has 0 amide bonds. The minimum absolute atomic E-state index is 0.00755. The molecule has 29 heavy (non-hydrogen) atoms. The molecule has 2 unspecified atom stereocenters. The molecule has 1 aliphatic rings. The molecule has 4 rings (SSSR count). The number of hydrogen-bond donors (Lipinski definition) is 3. The molecule has 3 aromatic carbocycles. The van der Waals surface area contributed by atoms with E-state index in [4.69, 9.17) is 0 Å². The predicted molar refractivity (Wildman–Crippen MR) is 117 cm³/mol. The highest BCUT2D eigenvalue weighted by molar-refractivity contribution is 5.72. The maximum absolute atomic E-state index is 11.6. The van der Waals surface area contributed by atoms with Gasteiger partial charge in [0, 0.05) is 24.7 Å². The van der Waals surface area contributed by atoms with E-state index in [0.717, 1.165) is 24.3 Å². The molecule has 148 valence electrons. The van der Waals surface area contributed by atoms with Gasteiger partial charge in [0.1, 0.15) is 0 Å². The average molecular weight is 386 g/mol. The number of aliphatic carboxylic acids is 1. The van der Waals surface area contributed by atoms with Gasteiger partial charge in [-0.15, -0.1) is 0 Å². The van der Waals surface area contributed by atoms with E-state index < -0.39 is 5.97 Å². The van der Waals surface area contributed by atoms with Crippen molar-refractivity contribution in [2.24, 2.45) is 5.92 Å². The third kappa shape index (κ3) is 4.66. The summed E-state index contributed by atoms with van der Waals surface area (Å²) in [4.78, 5) is 11.6. The first-order valence-corrected chi connectivity index (χ1v) is 10.1. The molecule has 1 aliphatic heterocycles. The van der Waals surface area contributed by atoms with E-state index in [1.54, 1.807) is 0 Å².